The maximum absolute atomic E-state index is 6.16. The predicted octanol–water partition coefficient (Wildman–Crippen LogP) is 1.17. The molecule has 2 rings (SSSR count). The van der Waals surface area contributed by atoms with E-state index >= 15 is 0 Å². The van der Waals surface area contributed by atoms with E-state index in [9.17, 15) is 0 Å². The van der Waals surface area contributed by atoms with Gasteiger partial charge in [0.05, 0.1) is 12.2 Å². The van der Waals surface area contributed by atoms with E-state index < -0.39 is 0 Å². The minimum atomic E-state index is 0.446. The Morgan fingerprint density at radius 2 is 2.00 bits per heavy atom. The van der Waals surface area contributed by atoms with E-state index in [-0.39, 0.29) is 0 Å². The maximum Gasteiger partial charge on any atom is 0.0707 e. The van der Waals surface area contributed by atoms with E-state index in [0.29, 0.717) is 18.2 Å². The molecule has 0 radical (unpaired) electrons. The van der Waals surface area contributed by atoms with E-state index in [1.807, 2.05) is 0 Å². The molecule has 0 amide bonds. The molecule has 0 aromatic heterocycles. The van der Waals surface area contributed by atoms with Gasteiger partial charge in [-0.2, -0.15) is 0 Å². The number of rotatable bonds is 6. The van der Waals surface area contributed by atoms with Crippen LogP contribution < -0.4 is 5.32 Å². The molecule has 1 N–H and O–H groups in total. The Morgan fingerprint density at radius 1 is 1.21 bits per heavy atom. The molecular weight excluding hydrogens is 238 g/mol. The lowest BCUT2D eigenvalue weighted by Crippen LogP contribution is -2.51. The lowest BCUT2D eigenvalue weighted by molar-refractivity contribution is 0.00719. The van der Waals surface area contributed by atoms with E-state index in [0.717, 1.165) is 19.6 Å². The molecule has 0 saturated carbocycles. The fraction of sp³-hybridized carbons (Fsp3) is 1.00. The van der Waals surface area contributed by atoms with Crippen LogP contribution in [0.3, 0.4) is 0 Å². The lowest BCUT2D eigenvalue weighted by Gasteiger charge is -2.38. The number of hydrogen-bond donors (Lipinski definition) is 1. The Kier molecular flexibility index (Phi) is 6.07. The molecule has 2 heterocycles. The minimum absolute atomic E-state index is 0.446. The summed E-state index contributed by atoms with van der Waals surface area (Å²) < 4.78 is 6.16. The fourth-order valence-corrected chi connectivity index (χ4v) is 3.08. The van der Waals surface area contributed by atoms with Crippen molar-refractivity contribution >= 4 is 0 Å². The van der Waals surface area contributed by atoms with E-state index in [4.69, 9.17) is 4.74 Å². The van der Waals surface area contributed by atoms with Crippen LogP contribution >= 0.6 is 0 Å². The molecule has 3 unspecified atom stereocenters. The van der Waals surface area contributed by atoms with Crippen molar-refractivity contribution < 1.29 is 4.74 Å². The largest absolute Gasteiger partial charge is 0.372 e. The molecule has 3 atom stereocenters. The summed E-state index contributed by atoms with van der Waals surface area (Å²) in [4.78, 5) is 5.03. The van der Waals surface area contributed by atoms with E-state index in [1.54, 1.807) is 0 Å². The molecular formula is C15H31N3O. The molecule has 0 aliphatic carbocycles. The third kappa shape index (κ3) is 4.71. The van der Waals surface area contributed by atoms with Gasteiger partial charge >= 0.3 is 0 Å². The zero-order chi connectivity index (χ0) is 13.7. The number of piperazine rings is 1. The Morgan fingerprint density at radius 3 is 2.74 bits per heavy atom. The van der Waals surface area contributed by atoms with Crippen molar-refractivity contribution in [2.75, 3.05) is 46.3 Å². The monoisotopic (exact) mass is 269 g/mol. The third-order valence-corrected chi connectivity index (χ3v) is 4.50. The quantitative estimate of drug-likeness (QED) is 0.733. The van der Waals surface area contributed by atoms with Gasteiger partial charge in [0.1, 0.15) is 0 Å². The summed E-state index contributed by atoms with van der Waals surface area (Å²) in [6.45, 7) is 11.4. The van der Waals surface area contributed by atoms with Gasteiger partial charge in [-0.1, -0.05) is 6.92 Å². The Hall–Kier alpha value is -0.160. The number of hydrogen-bond acceptors (Lipinski definition) is 4. The first-order chi connectivity index (χ1) is 9.19. The highest BCUT2D eigenvalue weighted by molar-refractivity contribution is 4.82. The van der Waals surface area contributed by atoms with Crippen LogP contribution in [0.1, 0.15) is 33.1 Å². The minimum Gasteiger partial charge on any atom is -0.372 e. The number of nitrogens with one attached hydrogen (secondary N) is 1. The van der Waals surface area contributed by atoms with Gasteiger partial charge in [-0.05, 0) is 39.8 Å². The smallest absolute Gasteiger partial charge is 0.0707 e. The summed E-state index contributed by atoms with van der Waals surface area (Å²) in [5.41, 5.74) is 0. The molecule has 19 heavy (non-hydrogen) atoms. The van der Waals surface area contributed by atoms with E-state index in [1.165, 1.54) is 38.9 Å². The summed E-state index contributed by atoms with van der Waals surface area (Å²) in [7, 11) is 2.23. The van der Waals surface area contributed by atoms with Crippen molar-refractivity contribution in [2.45, 2.75) is 51.4 Å². The van der Waals surface area contributed by atoms with Gasteiger partial charge in [0, 0.05) is 38.8 Å². The van der Waals surface area contributed by atoms with Crippen LogP contribution in [0.2, 0.25) is 0 Å². The van der Waals surface area contributed by atoms with Gasteiger partial charge in [0.25, 0.3) is 0 Å². The predicted molar refractivity (Wildman–Crippen MR) is 79.6 cm³/mol. The highest BCUT2D eigenvalue weighted by Crippen LogP contribution is 2.21. The van der Waals surface area contributed by atoms with Gasteiger partial charge in [-0.3, -0.25) is 4.90 Å². The zero-order valence-electron chi connectivity index (χ0n) is 12.9. The van der Waals surface area contributed by atoms with Gasteiger partial charge < -0.3 is 15.0 Å². The first-order valence-corrected chi connectivity index (χ1v) is 7.97. The van der Waals surface area contributed by atoms with Crippen molar-refractivity contribution in [3.8, 4) is 0 Å². The molecule has 0 spiro atoms. The average Bonchev–Trinajstić information content (AvgIpc) is 2.82. The summed E-state index contributed by atoms with van der Waals surface area (Å²) in [6.07, 6.45) is 4.57. The lowest BCUT2D eigenvalue weighted by atomic mass is 10.1. The van der Waals surface area contributed by atoms with Crippen molar-refractivity contribution in [3.05, 3.63) is 0 Å². The third-order valence-electron chi connectivity index (χ3n) is 4.50. The zero-order valence-corrected chi connectivity index (χ0v) is 12.9. The summed E-state index contributed by atoms with van der Waals surface area (Å²) in [5.74, 6) is 0. The molecule has 2 fully saturated rings. The molecule has 0 bridgehead atoms. The molecule has 0 aromatic carbocycles. The van der Waals surface area contributed by atoms with Gasteiger partial charge in [0.15, 0.2) is 0 Å². The number of likely N-dealkylation sites (N-methyl/N-ethyl adjacent to an activating group) is 1. The Labute approximate surface area is 118 Å². The summed E-state index contributed by atoms with van der Waals surface area (Å²) in [5, 5.41) is 3.47. The standard InChI is InChI=1S/C15H31N3O/c1-4-7-16-10-14-5-6-15(19-14)12-18-9-8-17(3)13(2)11-18/h13-16H,4-12H2,1-3H3. The highest BCUT2D eigenvalue weighted by Gasteiger charge is 2.28. The number of nitrogens with zero attached hydrogens (tertiary/aromatic N) is 2. The van der Waals surface area contributed by atoms with Crippen LogP contribution in [0, 0.1) is 0 Å². The van der Waals surface area contributed by atoms with Crippen molar-refractivity contribution in [1.82, 2.24) is 15.1 Å². The molecule has 4 heteroatoms. The molecule has 2 aliphatic heterocycles. The maximum atomic E-state index is 6.16. The van der Waals surface area contributed by atoms with Gasteiger partial charge in [0.2, 0.25) is 0 Å². The second-order valence-electron chi connectivity index (χ2n) is 6.25. The second-order valence-corrected chi connectivity index (χ2v) is 6.25. The molecule has 0 aromatic rings. The van der Waals surface area contributed by atoms with Crippen molar-refractivity contribution in [2.24, 2.45) is 0 Å². The molecule has 112 valence electrons. The van der Waals surface area contributed by atoms with Crippen LogP contribution in [0.25, 0.3) is 0 Å². The van der Waals surface area contributed by atoms with Crippen LogP contribution in [0.15, 0.2) is 0 Å². The first kappa shape index (κ1) is 15.2. The Balaban J connectivity index is 1.64. The summed E-state index contributed by atoms with van der Waals surface area (Å²) in [6, 6.07) is 0.678. The van der Waals surface area contributed by atoms with Crippen molar-refractivity contribution in [3.63, 3.8) is 0 Å². The average molecular weight is 269 g/mol. The first-order valence-electron chi connectivity index (χ1n) is 7.97. The molecule has 2 aliphatic rings. The molecule has 2 saturated heterocycles. The fourth-order valence-electron chi connectivity index (χ4n) is 3.08. The SMILES string of the molecule is CCCNCC1CCC(CN2CCN(C)C(C)C2)O1. The van der Waals surface area contributed by atoms with Crippen LogP contribution in [-0.2, 0) is 4.74 Å². The van der Waals surface area contributed by atoms with Gasteiger partial charge in [-0.25, -0.2) is 0 Å². The van der Waals surface area contributed by atoms with Crippen molar-refractivity contribution in [1.29, 1.82) is 0 Å². The molecule has 4 nitrogen and oxygen atoms in total. The van der Waals surface area contributed by atoms with E-state index in [2.05, 4.69) is 36.0 Å². The van der Waals surface area contributed by atoms with Crippen LogP contribution in [0.5, 0.6) is 0 Å². The Bertz CT molecular complexity index is 262. The summed E-state index contributed by atoms with van der Waals surface area (Å²) >= 11 is 0. The second kappa shape index (κ2) is 7.58. The topological polar surface area (TPSA) is 27.7 Å². The number of ether oxygens (including phenoxy) is 1. The van der Waals surface area contributed by atoms with Crippen LogP contribution in [-0.4, -0.2) is 74.4 Å². The van der Waals surface area contributed by atoms with Gasteiger partial charge in [-0.15, -0.1) is 0 Å². The van der Waals surface area contributed by atoms with Crippen LogP contribution in [0.4, 0.5) is 0 Å². The normalized spacial score (nSPS) is 33.9. The highest BCUT2D eigenvalue weighted by atomic mass is 16.5.